The number of carbonyl (C=O) groups excluding carboxylic acids is 2. The van der Waals surface area contributed by atoms with E-state index in [9.17, 15) is 18.4 Å². The normalized spacial score (nSPS) is 17.3. The summed E-state index contributed by atoms with van der Waals surface area (Å²) in [6, 6.07) is 12.6. The lowest BCUT2D eigenvalue weighted by Gasteiger charge is -2.31. The number of anilines is 2. The molecule has 0 radical (unpaired) electrons. The molecule has 1 saturated heterocycles. The Kier molecular flexibility index (Phi) is 6.13. The maximum Gasteiger partial charge on any atom is 0.238 e. The number of carbonyl (C=O) groups is 2. The first-order chi connectivity index (χ1) is 13.0. The second-order valence-corrected chi connectivity index (χ2v) is 6.57. The van der Waals surface area contributed by atoms with Crippen LogP contribution in [0.5, 0.6) is 0 Å². The molecule has 1 fully saturated rings. The molecule has 2 aromatic carbocycles. The van der Waals surface area contributed by atoms with Gasteiger partial charge in [0.05, 0.1) is 12.5 Å². The Balaban J connectivity index is 1.55. The summed E-state index contributed by atoms with van der Waals surface area (Å²) in [7, 11) is 0. The molecule has 0 aromatic heterocycles. The molecule has 0 bridgehead atoms. The standard InChI is InChI=1S/C20H21F2N3O2/c21-16-9-4-10-17(22)19(16)24-18(26)13-25-11-5-6-14(12-25)20(27)23-15-7-2-1-3-8-15/h1-4,7-10,14H,5-6,11-13H2,(H,23,27)(H,24,26)/t14-/m1/s1. The van der Waals surface area contributed by atoms with Crippen molar-refractivity contribution in [3.05, 3.63) is 60.2 Å². The number of hydrogen-bond donors (Lipinski definition) is 2. The first-order valence-corrected chi connectivity index (χ1v) is 8.85. The van der Waals surface area contributed by atoms with Gasteiger partial charge in [-0.3, -0.25) is 14.5 Å². The van der Waals surface area contributed by atoms with E-state index in [2.05, 4.69) is 10.6 Å². The van der Waals surface area contributed by atoms with Gasteiger partial charge in [0.1, 0.15) is 17.3 Å². The minimum absolute atomic E-state index is 0.0249. The Morgan fingerprint density at radius 3 is 2.41 bits per heavy atom. The van der Waals surface area contributed by atoms with Crippen molar-refractivity contribution in [1.82, 2.24) is 4.90 Å². The van der Waals surface area contributed by atoms with Crippen molar-refractivity contribution in [1.29, 1.82) is 0 Å². The molecule has 1 aliphatic heterocycles. The highest BCUT2D eigenvalue weighted by molar-refractivity contribution is 5.93. The molecule has 1 atom stereocenters. The molecule has 0 spiro atoms. The lowest BCUT2D eigenvalue weighted by Crippen LogP contribution is -2.44. The predicted molar refractivity (Wildman–Crippen MR) is 99.2 cm³/mol. The number of halogens is 2. The zero-order valence-electron chi connectivity index (χ0n) is 14.8. The molecule has 2 amide bonds. The van der Waals surface area contributed by atoms with Crippen LogP contribution in [-0.4, -0.2) is 36.3 Å². The number of rotatable bonds is 5. The van der Waals surface area contributed by atoms with Crippen LogP contribution in [0, 0.1) is 17.6 Å². The van der Waals surface area contributed by atoms with Crippen LogP contribution in [0.15, 0.2) is 48.5 Å². The van der Waals surface area contributed by atoms with Crippen LogP contribution in [-0.2, 0) is 9.59 Å². The van der Waals surface area contributed by atoms with Gasteiger partial charge in [-0.15, -0.1) is 0 Å². The SMILES string of the molecule is O=C(CN1CCC[C@@H](C(=O)Nc2ccccc2)C1)Nc1c(F)cccc1F. The van der Waals surface area contributed by atoms with E-state index < -0.39 is 23.2 Å². The number of piperidine rings is 1. The van der Waals surface area contributed by atoms with Gasteiger partial charge in [-0.1, -0.05) is 24.3 Å². The molecular formula is C20H21F2N3O2. The van der Waals surface area contributed by atoms with Gasteiger partial charge in [0.2, 0.25) is 11.8 Å². The third-order valence-corrected chi connectivity index (χ3v) is 4.51. The summed E-state index contributed by atoms with van der Waals surface area (Å²) in [5, 5.41) is 5.15. The van der Waals surface area contributed by atoms with Crippen LogP contribution >= 0.6 is 0 Å². The van der Waals surface area contributed by atoms with Crippen molar-refractivity contribution in [3.63, 3.8) is 0 Å². The Bertz CT molecular complexity index is 794. The van der Waals surface area contributed by atoms with E-state index in [-0.39, 0.29) is 18.4 Å². The van der Waals surface area contributed by atoms with Crippen molar-refractivity contribution < 1.29 is 18.4 Å². The van der Waals surface area contributed by atoms with E-state index in [1.807, 2.05) is 35.2 Å². The number of para-hydroxylation sites is 2. The van der Waals surface area contributed by atoms with Crippen molar-refractivity contribution in [2.75, 3.05) is 30.3 Å². The van der Waals surface area contributed by atoms with Crippen LogP contribution in [0.25, 0.3) is 0 Å². The zero-order chi connectivity index (χ0) is 19.2. The van der Waals surface area contributed by atoms with Gasteiger partial charge in [-0.2, -0.15) is 0 Å². The molecule has 2 N–H and O–H groups in total. The number of likely N-dealkylation sites (tertiary alicyclic amines) is 1. The number of nitrogens with zero attached hydrogens (tertiary/aromatic N) is 1. The van der Waals surface area contributed by atoms with Gasteiger partial charge in [0.25, 0.3) is 0 Å². The molecule has 0 saturated carbocycles. The second kappa shape index (κ2) is 8.73. The largest absolute Gasteiger partial charge is 0.326 e. The van der Waals surface area contributed by atoms with E-state index in [0.717, 1.165) is 30.7 Å². The Labute approximate surface area is 156 Å². The van der Waals surface area contributed by atoms with Gasteiger partial charge in [-0.25, -0.2) is 8.78 Å². The molecule has 2 aromatic rings. The number of benzene rings is 2. The maximum atomic E-state index is 13.6. The van der Waals surface area contributed by atoms with Crippen LogP contribution in [0.3, 0.4) is 0 Å². The number of amides is 2. The predicted octanol–water partition coefficient (Wildman–Crippen LogP) is 3.25. The van der Waals surface area contributed by atoms with Gasteiger partial charge < -0.3 is 10.6 Å². The van der Waals surface area contributed by atoms with Gasteiger partial charge in [0, 0.05) is 12.2 Å². The maximum absolute atomic E-state index is 13.6. The summed E-state index contributed by atoms with van der Waals surface area (Å²) >= 11 is 0. The lowest BCUT2D eigenvalue weighted by molar-refractivity contribution is -0.123. The molecule has 0 unspecified atom stereocenters. The van der Waals surface area contributed by atoms with Crippen LogP contribution in [0.1, 0.15) is 12.8 Å². The highest BCUT2D eigenvalue weighted by atomic mass is 19.1. The quantitative estimate of drug-likeness (QED) is 0.846. The Morgan fingerprint density at radius 2 is 1.70 bits per heavy atom. The first-order valence-electron chi connectivity index (χ1n) is 8.85. The summed E-state index contributed by atoms with van der Waals surface area (Å²) in [6.45, 7) is 1.05. The molecule has 5 nitrogen and oxygen atoms in total. The van der Waals surface area contributed by atoms with Crippen LogP contribution in [0.4, 0.5) is 20.2 Å². The lowest BCUT2D eigenvalue weighted by atomic mass is 9.97. The summed E-state index contributed by atoms with van der Waals surface area (Å²) in [5.41, 5.74) is 0.283. The third kappa shape index (κ3) is 5.10. The first kappa shape index (κ1) is 19.0. The molecule has 1 aliphatic rings. The molecule has 0 aliphatic carbocycles. The van der Waals surface area contributed by atoms with Crippen molar-refractivity contribution in [2.24, 2.45) is 5.92 Å². The van der Waals surface area contributed by atoms with E-state index in [1.165, 1.54) is 6.07 Å². The van der Waals surface area contributed by atoms with Crippen molar-refractivity contribution >= 4 is 23.2 Å². The topological polar surface area (TPSA) is 61.4 Å². The molecule has 142 valence electrons. The van der Waals surface area contributed by atoms with Crippen LogP contribution in [0.2, 0.25) is 0 Å². The van der Waals surface area contributed by atoms with E-state index in [4.69, 9.17) is 0 Å². The Morgan fingerprint density at radius 1 is 1.00 bits per heavy atom. The van der Waals surface area contributed by atoms with Gasteiger partial charge in [0.15, 0.2) is 0 Å². The molecule has 27 heavy (non-hydrogen) atoms. The molecular weight excluding hydrogens is 352 g/mol. The number of nitrogens with one attached hydrogen (secondary N) is 2. The minimum atomic E-state index is -0.817. The average Bonchev–Trinajstić information content (AvgIpc) is 2.66. The zero-order valence-corrected chi connectivity index (χ0v) is 14.8. The molecule has 1 heterocycles. The fourth-order valence-corrected chi connectivity index (χ4v) is 3.18. The Hall–Kier alpha value is -2.80. The summed E-state index contributed by atoms with van der Waals surface area (Å²) < 4.78 is 27.3. The van der Waals surface area contributed by atoms with Gasteiger partial charge >= 0.3 is 0 Å². The third-order valence-electron chi connectivity index (χ3n) is 4.51. The van der Waals surface area contributed by atoms with E-state index >= 15 is 0 Å². The average molecular weight is 373 g/mol. The highest BCUT2D eigenvalue weighted by Gasteiger charge is 2.27. The summed E-state index contributed by atoms with van der Waals surface area (Å²) in [5.74, 6) is -2.48. The molecule has 3 rings (SSSR count). The second-order valence-electron chi connectivity index (χ2n) is 6.57. The minimum Gasteiger partial charge on any atom is -0.326 e. The van der Waals surface area contributed by atoms with Crippen molar-refractivity contribution in [2.45, 2.75) is 12.8 Å². The fourth-order valence-electron chi connectivity index (χ4n) is 3.18. The van der Waals surface area contributed by atoms with E-state index in [0.29, 0.717) is 13.1 Å². The van der Waals surface area contributed by atoms with E-state index in [1.54, 1.807) is 0 Å². The number of hydrogen-bond acceptors (Lipinski definition) is 3. The van der Waals surface area contributed by atoms with Crippen LogP contribution < -0.4 is 10.6 Å². The molecule has 7 heteroatoms. The van der Waals surface area contributed by atoms with Gasteiger partial charge in [-0.05, 0) is 43.7 Å². The smallest absolute Gasteiger partial charge is 0.238 e. The fraction of sp³-hybridized carbons (Fsp3) is 0.300. The summed E-state index contributed by atoms with van der Waals surface area (Å²) in [4.78, 5) is 26.4. The monoisotopic (exact) mass is 373 g/mol. The summed E-state index contributed by atoms with van der Waals surface area (Å²) in [6.07, 6.45) is 1.51. The van der Waals surface area contributed by atoms with Crippen molar-refractivity contribution in [3.8, 4) is 0 Å². The highest BCUT2D eigenvalue weighted by Crippen LogP contribution is 2.20.